The van der Waals surface area contributed by atoms with Gasteiger partial charge in [0.1, 0.15) is 5.65 Å². The molecule has 126 valence electrons. The molecule has 2 N–H and O–H groups in total. The van der Waals surface area contributed by atoms with Crippen molar-refractivity contribution in [2.75, 3.05) is 5.84 Å². The van der Waals surface area contributed by atoms with Crippen LogP contribution in [-0.4, -0.2) is 24.3 Å². The molecule has 0 atom stereocenters. The molecule has 0 aliphatic rings. The number of benzene rings is 1. The van der Waals surface area contributed by atoms with E-state index in [1.807, 2.05) is 60.1 Å². The molecule has 0 spiro atoms. The Morgan fingerprint density at radius 2 is 1.88 bits per heavy atom. The first-order chi connectivity index (χ1) is 12.1. The molecule has 3 heterocycles. The van der Waals surface area contributed by atoms with Crippen molar-refractivity contribution < 1.29 is 0 Å². The van der Waals surface area contributed by atoms with Crippen LogP contribution >= 0.6 is 23.4 Å². The number of hydrogen-bond donors (Lipinski definition) is 1. The predicted molar refractivity (Wildman–Crippen MR) is 100 cm³/mol. The summed E-state index contributed by atoms with van der Waals surface area (Å²) in [6, 6.07) is 11.7. The highest BCUT2D eigenvalue weighted by Crippen LogP contribution is 2.24. The van der Waals surface area contributed by atoms with Gasteiger partial charge in [0, 0.05) is 23.7 Å². The molecule has 0 aliphatic heterocycles. The Bertz CT molecular complexity index is 1040. The van der Waals surface area contributed by atoms with E-state index in [9.17, 15) is 0 Å². The number of aromatic nitrogens is 5. The smallest absolute Gasteiger partial charge is 0.210 e. The van der Waals surface area contributed by atoms with Crippen molar-refractivity contribution >= 4 is 29.0 Å². The Kier molecular flexibility index (Phi) is 4.10. The highest BCUT2D eigenvalue weighted by atomic mass is 35.5. The molecule has 0 saturated heterocycles. The third kappa shape index (κ3) is 3.20. The molecule has 25 heavy (non-hydrogen) atoms. The van der Waals surface area contributed by atoms with Crippen molar-refractivity contribution in [2.24, 2.45) is 0 Å². The molecule has 0 saturated carbocycles. The van der Waals surface area contributed by atoms with Gasteiger partial charge in [-0.25, -0.2) is 9.66 Å². The third-order valence-corrected chi connectivity index (χ3v) is 4.99. The van der Waals surface area contributed by atoms with Crippen LogP contribution < -0.4 is 5.84 Å². The lowest BCUT2D eigenvalue weighted by molar-refractivity contribution is 0.849. The van der Waals surface area contributed by atoms with Crippen LogP contribution in [0.1, 0.15) is 11.3 Å². The Morgan fingerprint density at radius 1 is 1.08 bits per heavy atom. The number of imidazole rings is 1. The first-order valence-corrected chi connectivity index (χ1v) is 9.00. The fraction of sp³-hybridized carbons (Fsp3) is 0.118. The van der Waals surface area contributed by atoms with Crippen molar-refractivity contribution in [1.29, 1.82) is 0 Å². The molecule has 8 heteroatoms. The summed E-state index contributed by atoms with van der Waals surface area (Å²) in [6.45, 7) is 2.04. The topological polar surface area (TPSA) is 74.0 Å². The second-order valence-corrected chi connectivity index (χ2v) is 7.05. The normalized spacial score (nSPS) is 11.3. The van der Waals surface area contributed by atoms with Gasteiger partial charge in [0.25, 0.3) is 0 Å². The van der Waals surface area contributed by atoms with Crippen LogP contribution in [0.3, 0.4) is 0 Å². The number of halogens is 1. The number of aryl methyl sites for hydroxylation is 1. The second-order valence-electron chi connectivity index (χ2n) is 5.68. The molecule has 6 nitrogen and oxygen atoms in total. The summed E-state index contributed by atoms with van der Waals surface area (Å²) >= 11 is 7.49. The maximum Gasteiger partial charge on any atom is 0.210 e. The van der Waals surface area contributed by atoms with Crippen molar-refractivity contribution in [2.45, 2.75) is 17.8 Å². The summed E-state index contributed by atoms with van der Waals surface area (Å²) < 4.78 is 3.42. The van der Waals surface area contributed by atoms with E-state index in [2.05, 4.69) is 15.2 Å². The molecule has 0 bridgehead atoms. The zero-order valence-electron chi connectivity index (χ0n) is 13.4. The molecular formula is C17H15ClN6S. The number of hydrogen-bond acceptors (Lipinski definition) is 5. The number of nitrogens with two attached hydrogens (primary N) is 1. The summed E-state index contributed by atoms with van der Waals surface area (Å²) in [6.07, 6.45) is 3.78. The number of fused-ring (bicyclic) bond motifs is 1. The van der Waals surface area contributed by atoms with Crippen molar-refractivity contribution in [1.82, 2.24) is 24.3 Å². The van der Waals surface area contributed by atoms with Gasteiger partial charge in [-0.05, 0) is 19.1 Å². The largest absolute Gasteiger partial charge is 0.335 e. The standard InChI is InChI=1S/C17H15ClN6S/c1-11-2-4-12(5-3-11)16-21-22-17(24(16)19)25-10-14-9-23-8-13(18)6-7-15(23)20-14/h2-9H,10,19H2,1H3. The fourth-order valence-corrected chi connectivity index (χ4v) is 3.41. The second kappa shape index (κ2) is 6.42. The maximum absolute atomic E-state index is 6.16. The molecule has 0 radical (unpaired) electrons. The molecular weight excluding hydrogens is 356 g/mol. The lowest BCUT2D eigenvalue weighted by Gasteiger charge is -2.03. The van der Waals surface area contributed by atoms with Crippen molar-refractivity contribution in [3.05, 3.63) is 65.1 Å². The number of pyridine rings is 1. The lowest BCUT2D eigenvalue weighted by atomic mass is 10.1. The van der Waals surface area contributed by atoms with Crippen LogP contribution in [0.4, 0.5) is 0 Å². The quantitative estimate of drug-likeness (QED) is 0.439. The Balaban J connectivity index is 1.53. The molecule has 4 rings (SSSR count). The van der Waals surface area contributed by atoms with Crippen molar-refractivity contribution in [3.8, 4) is 11.4 Å². The average molecular weight is 371 g/mol. The van der Waals surface area contributed by atoms with E-state index in [0.717, 1.165) is 16.9 Å². The highest BCUT2D eigenvalue weighted by Gasteiger charge is 2.13. The van der Waals surface area contributed by atoms with Gasteiger partial charge >= 0.3 is 0 Å². The van der Waals surface area contributed by atoms with Crippen LogP contribution in [0, 0.1) is 6.92 Å². The van der Waals surface area contributed by atoms with Crippen molar-refractivity contribution in [3.63, 3.8) is 0 Å². The monoisotopic (exact) mass is 370 g/mol. The van der Waals surface area contributed by atoms with Gasteiger partial charge in [-0.2, -0.15) is 0 Å². The van der Waals surface area contributed by atoms with Crippen LogP contribution in [0.15, 0.2) is 53.9 Å². The van der Waals surface area contributed by atoms with E-state index in [1.54, 1.807) is 0 Å². The fourth-order valence-electron chi connectivity index (χ4n) is 2.50. The molecule has 0 aliphatic carbocycles. The van der Waals surface area contributed by atoms with E-state index in [4.69, 9.17) is 17.4 Å². The van der Waals surface area contributed by atoms with Crippen LogP contribution in [0.25, 0.3) is 17.0 Å². The number of nitrogens with zero attached hydrogens (tertiary/aromatic N) is 5. The molecule has 0 unspecified atom stereocenters. The maximum atomic E-state index is 6.16. The lowest BCUT2D eigenvalue weighted by Crippen LogP contribution is -2.11. The van der Waals surface area contributed by atoms with Gasteiger partial charge in [0.2, 0.25) is 5.16 Å². The summed E-state index contributed by atoms with van der Waals surface area (Å²) in [5.41, 5.74) is 3.91. The van der Waals surface area contributed by atoms with Crippen LogP contribution in [0.2, 0.25) is 5.02 Å². The zero-order chi connectivity index (χ0) is 17.4. The van der Waals surface area contributed by atoms with E-state index in [1.165, 1.54) is 22.0 Å². The first kappa shape index (κ1) is 16.0. The minimum absolute atomic E-state index is 0.641. The van der Waals surface area contributed by atoms with Gasteiger partial charge in [-0.15, -0.1) is 10.2 Å². The minimum atomic E-state index is 0.641. The van der Waals surface area contributed by atoms with Gasteiger partial charge < -0.3 is 10.2 Å². The molecule has 0 fully saturated rings. The summed E-state index contributed by atoms with van der Waals surface area (Å²) in [4.78, 5) is 4.56. The first-order valence-electron chi connectivity index (χ1n) is 7.63. The SMILES string of the molecule is Cc1ccc(-c2nnc(SCc3cn4cc(Cl)ccc4n3)n2N)cc1. The van der Waals surface area contributed by atoms with Crippen LogP contribution in [-0.2, 0) is 5.75 Å². The van der Waals surface area contributed by atoms with Gasteiger partial charge in [0.05, 0.1) is 10.7 Å². The Labute approximate surface area is 153 Å². The Morgan fingerprint density at radius 3 is 2.68 bits per heavy atom. The van der Waals surface area contributed by atoms with E-state index in [0.29, 0.717) is 21.8 Å². The molecule has 4 aromatic rings. The molecule has 0 amide bonds. The van der Waals surface area contributed by atoms with E-state index < -0.39 is 0 Å². The third-order valence-electron chi connectivity index (χ3n) is 3.79. The molecule has 1 aromatic carbocycles. The van der Waals surface area contributed by atoms with Gasteiger partial charge in [0.15, 0.2) is 5.82 Å². The predicted octanol–water partition coefficient (Wildman–Crippen LogP) is 3.56. The highest BCUT2D eigenvalue weighted by molar-refractivity contribution is 7.98. The molecule has 3 aromatic heterocycles. The number of nitrogen functional groups attached to an aromatic ring is 1. The average Bonchev–Trinajstić information content (AvgIpc) is 3.16. The summed E-state index contributed by atoms with van der Waals surface area (Å²) in [7, 11) is 0. The van der Waals surface area contributed by atoms with E-state index in [-0.39, 0.29) is 0 Å². The van der Waals surface area contributed by atoms with Crippen LogP contribution in [0.5, 0.6) is 0 Å². The van der Waals surface area contributed by atoms with Gasteiger partial charge in [-0.1, -0.05) is 53.2 Å². The number of thioether (sulfide) groups is 1. The minimum Gasteiger partial charge on any atom is -0.335 e. The summed E-state index contributed by atoms with van der Waals surface area (Å²) in [5, 5.41) is 9.72. The zero-order valence-corrected chi connectivity index (χ0v) is 15.0. The summed E-state index contributed by atoms with van der Waals surface area (Å²) in [5.74, 6) is 7.44. The number of rotatable bonds is 4. The van der Waals surface area contributed by atoms with Gasteiger partial charge in [-0.3, -0.25) is 0 Å². The Hall–Kier alpha value is -2.51. The van der Waals surface area contributed by atoms with E-state index >= 15 is 0 Å².